The van der Waals surface area contributed by atoms with Gasteiger partial charge in [0.25, 0.3) is 0 Å². The van der Waals surface area contributed by atoms with Gasteiger partial charge in [-0.15, -0.1) is 0 Å². The summed E-state index contributed by atoms with van der Waals surface area (Å²) in [6.45, 7) is 5.07. The molecule has 0 fully saturated rings. The van der Waals surface area contributed by atoms with Gasteiger partial charge in [-0.2, -0.15) is 0 Å². The molecule has 0 amide bonds. The second-order valence-corrected chi connectivity index (χ2v) is 14.2. The van der Waals surface area contributed by atoms with E-state index in [2.05, 4.69) is 215 Å². The van der Waals surface area contributed by atoms with Gasteiger partial charge >= 0.3 is 0 Å². The molecular weight excluding hydrogens is 671 g/mol. The van der Waals surface area contributed by atoms with E-state index in [9.17, 15) is 0 Å². The monoisotopic (exact) mass is 709 g/mol. The minimum absolute atomic E-state index is 0.722. The maximum atomic E-state index is 4.98. The normalized spacial score (nSPS) is 12.4. The molecule has 0 radical (unpaired) electrons. The highest BCUT2D eigenvalue weighted by molar-refractivity contribution is 6.10. The zero-order valence-electron chi connectivity index (χ0n) is 30.8. The largest absolute Gasteiger partial charge is 0.321 e. The predicted molar refractivity (Wildman–Crippen MR) is 230 cm³/mol. The van der Waals surface area contributed by atoms with E-state index in [4.69, 9.17) is 4.98 Å². The number of aryl methyl sites for hydroxylation is 2. The van der Waals surface area contributed by atoms with Crippen LogP contribution in [0.1, 0.15) is 11.1 Å². The molecule has 0 bridgehead atoms. The number of hydrogen-bond donors (Lipinski definition) is 0. The van der Waals surface area contributed by atoms with Crippen LogP contribution in [0.15, 0.2) is 188 Å². The number of benzene rings is 7. The average molecular weight is 710 g/mol. The van der Waals surface area contributed by atoms with Gasteiger partial charge in [0, 0.05) is 45.4 Å². The van der Waals surface area contributed by atoms with Crippen LogP contribution in [0, 0.1) is 13.8 Å². The molecule has 264 valence electrons. The summed E-state index contributed by atoms with van der Waals surface area (Å²) < 4.78 is 2.32. The number of rotatable bonds is 7. The van der Waals surface area contributed by atoms with E-state index in [1.807, 2.05) is 6.20 Å². The third-order valence-corrected chi connectivity index (χ3v) is 10.9. The van der Waals surface area contributed by atoms with E-state index >= 15 is 0 Å². The van der Waals surface area contributed by atoms with Crippen LogP contribution in [0.3, 0.4) is 0 Å². The first-order valence-electron chi connectivity index (χ1n) is 18.8. The number of nitrogens with zero attached hydrogens (tertiary/aromatic N) is 5. The molecule has 0 unspecified atom stereocenters. The second kappa shape index (κ2) is 13.4. The van der Waals surface area contributed by atoms with Gasteiger partial charge in [-0.1, -0.05) is 103 Å². The van der Waals surface area contributed by atoms with Crippen LogP contribution in [0.4, 0.5) is 39.8 Å². The zero-order valence-corrected chi connectivity index (χ0v) is 30.8. The van der Waals surface area contributed by atoms with Crippen LogP contribution in [0.25, 0.3) is 38.8 Å². The highest BCUT2D eigenvalue weighted by Crippen LogP contribution is 2.46. The number of pyridine rings is 1. The maximum Gasteiger partial charge on any atom is 0.138 e. The summed E-state index contributed by atoms with van der Waals surface area (Å²) in [6, 6.07) is 65.3. The quantitative estimate of drug-likeness (QED) is 0.165. The molecule has 1 aliphatic heterocycles. The molecule has 1 aliphatic rings. The predicted octanol–water partition coefficient (Wildman–Crippen LogP) is 13.2. The minimum atomic E-state index is 0.722. The van der Waals surface area contributed by atoms with Gasteiger partial charge in [0.15, 0.2) is 0 Å². The van der Waals surface area contributed by atoms with Gasteiger partial charge in [0.1, 0.15) is 12.5 Å². The first-order valence-corrected chi connectivity index (χ1v) is 18.8. The molecule has 0 aliphatic carbocycles. The van der Waals surface area contributed by atoms with Crippen LogP contribution in [0.5, 0.6) is 0 Å². The molecule has 0 N–H and O–H groups in total. The fourth-order valence-electron chi connectivity index (χ4n) is 8.28. The summed E-state index contributed by atoms with van der Waals surface area (Å²) in [7, 11) is 0. The van der Waals surface area contributed by atoms with E-state index in [0.29, 0.717) is 0 Å². The molecule has 2 aromatic heterocycles. The van der Waals surface area contributed by atoms with Crippen molar-refractivity contribution >= 4 is 61.6 Å². The van der Waals surface area contributed by atoms with E-state index in [1.165, 1.54) is 44.5 Å². The van der Waals surface area contributed by atoms with Crippen molar-refractivity contribution in [2.75, 3.05) is 21.4 Å². The lowest BCUT2D eigenvalue weighted by Gasteiger charge is -2.28. The summed E-state index contributed by atoms with van der Waals surface area (Å²) >= 11 is 0. The lowest BCUT2D eigenvalue weighted by molar-refractivity contribution is 0.985. The maximum absolute atomic E-state index is 4.98. The Labute approximate surface area is 321 Å². The van der Waals surface area contributed by atoms with Crippen LogP contribution >= 0.6 is 0 Å². The third-order valence-electron chi connectivity index (χ3n) is 10.9. The van der Waals surface area contributed by atoms with Gasteiger partial charge in [-0.05, 0) is 115 Å². The van der Waals surface area contributed by atoms with Crippen molar-refractivity contribution in [2.45, 2.75) is 13.8 Å². The van der Waals surface area contributed by atoms with E-state index in [-0.39, 0.29) is 0 Å². The molecule has 0 spiro atoms. The molecule has 0 saturated carbocycles. The third kappa shape index (κ3) is 5.60. The Hall–Kier alpha value is -7.11. The second-order valence-electron chi connectivity index (χ2n) is 14.2. The fraction of sp³-hybridized carbons (Fsp3) is 0.0600. The first kappa shape index (κ1) is 32.5. The summed E-state index contributed by atoms with van der Waals surface area (Å²) in [5, 5.41) is 2.39. The van der Waals surface area contributed by atoms with E-state index < -0.39 is 0 Å². The Morgan fingerprint density at radius 1 is 0.473 bits per heavy atom. The van der Waals surface area contributed by atoms with E-state index in [0.717, 1.165) is 51.8 Å². The van der Waals surface area contributed by atoms with Crippen molar-refractivity contribution in [3.05, 3.63) is 199 Å². The van der Waals surface area contributed by atoms with Gasteiger partial charge in [0.05, 0.1) is 22.4 Å². The van der Waals surface area contributed by atoms with Crippen LogP contribution in [-0.2, 0) is 0 Å². The highest BCUT2D eigenvalue weighted by atomic mass is 15.4. The Balaban J connectivity index is 1.12. The Bertz CT molecular complexity index is 2860. The smallest absolute Gasteiger partial charge is 0.138 e. The highest BCUT2D eigenvalue weighted by Gasteiger charge is 2.29. The lowest BCUT2D eigenvalue weighted by atomic mass is 10.0. The van der Waals surface area contributed by atoms with Crippen LogP contribution in [-0.4, -0.2) is 16.2 Å². The van der Waals surface area contributed by atoms with Crippen molar-refractivity contribution < 1.29 is 0 Å². The molecule has 0 saturated heterocycles. The Morgan fingerprint density at radius 3 is 1.95 bits per heavy atom. The molecule has 3 heterocycles. The molecule has 5 heteroatoms. The van der Waals surface area contributed by atoms with Crippen molar-refractivity contribution in [3.63, 3.8) is 0 Å². The zero-order chi connectivity index (χ0) is 36.9. The molecule has 7 aromatic carbocycles. The standard InChI is InChI=1S/C50H39N5/c1-35-15-6-8-21-42(35)37-29-30-51-50(31-37)55-46-24-11-9-22-43(46)44-28-27-41(33-49(44)55)54(38-17-4-3-5-18-38)40-20-14-19-39(32-40)52-34-53(45-23-10-7-16-36(45)2)48-26-13-12-25-47(48)52/h3-33H,34H2,1-2H3. The average Bonchev–Trinajstić information content (AvgIpc) is 3.78. The van der Waals surface area contributed by atoms with Crippen molar-refractivity contribution in [2.24, 2.45) is 0 Å². The fourth-order valence-corrected chi connectivity index (χ4v) is 8.28. The molecule has 0 atom stereocenters. The molecular formula is C50H39N5. The summed E-state index contributed by atoms with van der Waals surface area (Å²) in [6.07, 6.45) is 1.93. The van der Waals surface area contributed by atoms with Gasteiger partial charge < -0.3 is 14.7 Å². The minimum Gasteiger partial charge on any atom is -0.321 e. The number of aromatic nitrogens is 2. The number of para-hydroxylation sites is 5. The topological polar surface area (TPSA) is 27.5 Å². The van der Waals surface area contributed by atoms with Gasteiger partial charge in [-0.3, -0.25) is 4.57 Å². The van der Waals surface area contributed by atoms with Crippen molar-refractivity contribution in [1.82, 2.24) is 9.55 Å². The van der Waals surface area contributed by atoms with E-state index in [1.54, 1.807) is 0 Å². The van der Waals surface area contributed by atoms with Gasteiger partial charge in [-0.25, -0.2) is 4.98 Å². The Kier molecular flexibility index (Phi) is 7.92. The molecule has 55 heavy (non-hydrogen) atoms. The number of fused-ring (bicyclic) bond motifs is 4. The first-order chi connectivity index (χ1) is 27.1. The summed E-state index contributed by atoms with van der Waals surface area (Å²) in [5.41, 5.74) is 15.1. The summed E-state index contributed by atoms with van der Waals surface area (Å²) in [5.74, 6) is 0.892. The number of anilines is 7. The summed E-state index contributed by atoms with van der Waals surface area (Å²) in [4.78, 5) is 12.2. The lowest BCUT2D eigenvalue weighted by Crippen LogP contribution is -2.24. The number of hydrogen-bond acceptors (Lipinski definition) is 4. The van der Waals surface area contributed by atoms with Crippen molar-refractivity contribution in [1.29, 1.82) is 0 Å². The van der Waals surface area contributed by atoms with Crippen LogP contribution < -0.4 is 14.7 Å². The Morgan fingerprint density at radius 2 is 1.13 bits per heavy atom. The molecule has 9 aromatic rings. The SMILES string of the molecule is Cc1ccccc1-c1ccnc(-n2c3ccccc3c3ccc(N(c4ccccc4)c4cccc(N5CN(c6ccccc6C)c6ccccc65)c4)cc32)c1. The molecule has 10 rings (SSSR count). The molecule has 5 nitrogen and oxygen atoms in total. The van der Waals surface area contributed by atoms with Crippen molar-refractivity contribution in [3.8, 4) is 16.9 Å². The van der Waals surface area contributed by atoms with Gasteiger partial charge in [0.2, 0.25) is 0 Å². The van der Waals surface area contributed by atoms with Crippen LogP contribution in [0.2, 0.25) is 0 Å².